The summed E-state index contributed by atoms with van der Waals surface area (Å²) in [5.74, 6) is -1.49. The molecule has 1 aromatic carbocycles. The summed E-state index contributed by atoms with van der Waals surface area (Å²) >= 11 is 0. The first-order valence-corrected chi connectivity index (χ1v) is 5.30. The van der Waals surface area contributed by atoms with Gasteiger partial charge in [0.25, 0.3) is 0 Å². The van der Waals surface area contributed by atoms with Gasteiger partial charge in [-0.25, -0.2) is 9.18 Å². The van der Waals surface area contributed by atoms with E-state index in [1.165, 1.54) is 35.0 Å². The fourth-order valence-electron chi connectivity index (χ4n) is 1.62. The number of aliphatic hydroxyl groups is 1. The summed E-state index contributed by atoms with van der Waals surface area (Å²) in [5.41, 5.74) is 1.04. The molecule has 0 aliphatic heterocycles. The smallest absolute Gasteiger partial charge is 0.354 e. The van der Waals surface area contributed by atoms with E-state index in [4.69, 9.17) is 10.2 Å². The number of rotatable bonds is 4. The van der Waals surface area contributed by atoms with Gasteiger partial charge >= 0.3 is 5.97 Å². The van der Waals surface area contributed by atoms with Crippen molar-refractivity contribution in [2.75, 3.05) is 6.61 Å². The van der Waals surface area contributed by atoms with Crippen LogP contribution in [0.2, 0.25) is 0 Å². The molecule has 0 bridgehead atoms. The van der Waals surface area contributed by atoms with Crippen molar-refractivity contribution < 1.29 is 19.4 Å². The number of nitrogens with zero attached hydrogens (tertiary/aromatic N) is 2. The molecular weight excluding hydrogens is 239 g/mol. The molecule has 5 nitrogen and oxygen atoms in total. The Morgan fingerprint density at radius 2 is 2.00 bits per heavy atom. The number of hydrogen-bond donors (Lipinski definition) is 2. The molecule has 0 atom stereocenters. The fraction of sp³-hybridized carbons (Fsp3) is 0.167. The lowest BCUT2D eigenvalue weighted by Gasteiger charge is -2.00. The van der Waals surface area contributed by atoms with Gasteiger partial charge in [0.05, 0.1) is 18.8 Å². The van der Waals surface area contributed by atoms with Crippen molar-refractivity contribution in [2.24, 2.45) is 0 Å². The van der Waals surface area contributed by atoms with Gasteiger partial charge in [-0.2, -0.15) is 5.10 Å². The van der Waals surface area contributed by atoms with Gasteiger partial charge in [0.1, 0.15) is 11.5 Å². The van der Waals surface area contributed by atoms with Crippen LogP contribution in [0.15, 0.2) is 30.3 Å². The van der Waals surface area contributed by atoms with E-state index >= 15 is 0 Å². The Balaban J connectivity index is 2.42. The second-order valence-corrected chi connectivity index (χ2v) is 3.67. The first-order valence-electron chi connectivity index (χ1n) is 5.30. The number of halogens is 1. The van der Waals surface area contributed by atoms with Crippen LogP contribution in [0.4, 0.5) is 4.39 Å². The predicted molar refractivity (Wildman–Crippen MR) is 61.7 cm³/mol. The van der Waals surface area contributed by atoms with Crippen LogP contribution in [0.5, 0.6) is 0 Å². The monoisotopic (exact) mass is 250 g/mol. The number of aliphatic hydroxyl groups excluding tert-OH is 1. The third kappa shape index (κ3) is 2.38. The number of carboxylic acids is 1. The zero-order chi connectivity index (χ0) is 13.1. The summed E-state index contributed by atoms with van der Waals surface area (Å²) < 4.78 is 14.0. The molecule has 1 heterocycles. The molecule has 2 rings (SSSR count). The zero-order valence-corrected chi connectivity index (χ0v) is 9.38. The third-order valence-electron chi connectivity index (χ3n) is 2.45. The van der Waals surface area contributed by atoms with Crippen molar-refractivity contribution in [3.63, 3.8) is 0 Å². The molecule has 0 aliphatic rings. The van der Waals surface area contributed by atoms with E-state index in [9.17, 15) is 9.18 Å². The van der Waals surface area contributed by atoms with E-state index in [2.05, 4.69) is 5.10 Å². The standard InChI is InChI=1S/C12H11FN2O3/c13-9-3-1-8(2-4-9)10-7-11(12(17)18)15(14-10)5-6-16/h1-4,7,16H,5-6H2,(H,17,18). The molecule has 0 saturated heterocycles. The third-order valence-corrected chi connectivity index (χ3v) is 2.45. The summed E-state index contributed by atoms with van der Waals surface area (Å²) in [6.45, 7) is -0.104. The SMILES string of the molecule is O=C(O)c1cc(-c2ccc(F)cc2)nn1CCO. The van der Waals surface area contributed by atoms with Gasteiger partial charge in [-0.1, -0.05) is 0 Å². The van der Waals surface area contributed by atoms with Gasteiger partial charge in [-0.15, -0.1) is 0 Å². The average Bonchev–Trinajstić information content (AvgIpc) is 2.75. The largest absolute Gasteiger partial charge is 0.477 e. The molecular formula is C12H11FN2O3. The lowest BCUT2D eigenvalue weighted by atomic mass is 10.1. The van der Waals surface area contributed by atoms with Crippen molar-refractivity contribution in [1.29, 1.82) is 0 Å². The van der Waals surface area contributed by atoms with Crippen molar-refractivity contribution in [3.8, 4) is 11.3 Å². The summed E-state index contributed by atoms with van der Waals surface area (Å²) in [4.78, 5) is 11.0. The number of benzene rings is 1. The second kappa shape index (κ2) is 4.97. The molecule has 94 valence electrons. The van der Waals surface area contributed by atoms with Crippen LogP contribution in [-0.4, -0.2) is 32.6 Å². The van der Waals surface area contributed by atoms with Crippen LogP contribution >= 0.6 is 0 Å². The Kier molecular flexibility index (Phi) is 3.38. The number of carbonyl (C=O) groups is 1. The van der Waals surface area contributed by atoms with Crippen LogP contribution in [0, 0.1) is 5.82 Å². The molecule has 2 aromatic rings. The zero-order valence-electron chi connectivity index (χ0n) is 9.38. The van der Waals surface area contributed by atoms with E-state index in [1.807, 2.05) is 0 Å². The quantitative estimate of drug-likeness (QED) is 0.859. The van der Waals surface area contributed by atoms with Crippen molar-refractivity contribution in [1.82, 2.24) is 9.78 Å². The summed E-state index contributed by atoms with van der Waals surface area (Å²) in [5, 5.41) is 21.9. The fourth-order valence-corrected chi connectivity index (χ4v) is 1.62. The maximum absolute atomic E-state index is 12.8. The van der Waals surface area contributed by atoms with Gasteiger partial charge in [0.15, 0.2) is 0 Å². The van der Waals surface area contributed by atoms with Crippen LogP contribution in [0.25, 0.3) is 11.3 Å². The van der Waals surface area contributed by atoms with E-state index < -0.39 is 5.97 Å². The number of aromatic carboxylic acids is 1. The minimum absolute atomic E-state index is 0.0108. The van der Waals surface area contributed by atoms with Crippen LogP contribution < -0.4 is 0 Å². The minimum Gasteiger partial charge on any atom is -0.477 e. The molecule has 6 heteroatoms. The molecule has 0 saturated carbocycles. The predicted octanol–water partition coefficient (Wildman–Crippen LogP) is 1.38. The highest BCUT2D eigenvalue weighted by molar-refractivity contribution is 5.87. The van der Waals surface area contributed by atoms with E-state index in [0.717, 1.165) is 0 Å². The van der Waals surface area contributed by atoms with E-state index in [1.54, 1.807) is 0 Å². The van der Waals surface area contributed by atoms with Gasteiger partial charge < -0.3 is 10.2 Å². The summed E-state index contributed by atoms with van der Waals surface area (Å²) in [6, 6.07) is 6.99. The number of aromatic nitrogens is 2. The highest BCUT2D eigenvalue weighted by Gasteiger charge is 2.14. The highest BCUT2D eigenvalue weighted by Crippen LogP contribution is 2.19. The summed E-state index contributed by atoms with van der Waals surface area (Å²) in [7, 11) is 0. The Morgan fingerprint density at radius 1 is 1.33 bits per heavy atom. The molecule has 0 spiro atoms. The van der Waals surface area contributed by atoms with Gasteiger partial charge in [0, 0.05) is 5.56 Å². The van der Waals surface area contributed by atoms with Crippen molar-refractivity contribution >= 4 is 5.97 Å². The normalized spacial score (nSPS) is 10.6. The van der Waals surface area contributed by atoms with Crippen LogP contribution in [0.3, 0.4) is 0 Å². The van der Waals surface area contributed by atoms with Crippen LogP contribution in [-0.2, 0) is 6.54 Å². The van der Waals surface area contributed by atoms with Gasteiger partial charge in [-0.3, -0.25) is 4.68 Å². The molecule has 1 aromatic heterocycles. The summed E-state index contributed by atoms with van der Waals surface area (Å²) in [6.07, 6.45) is 0. The minimum atomic E-state index is -1.12. The molecule has 0 radical (unpaired) electrons. The van der Waals surface area contributed by atoms with E-state index in [0.29, 0.717) is 11.3 Å². The Labute approximate surface area is 102 Å². The van der Waals surface area contributed by atoms with Gasteiger partial charge in [0.2, 0.25) is 0 Å². The lowest BCUT2D eigenvalue weighted by molar-refractivity contribution is 0.0681. The Hall–Kier alpha value is -2.21. The Morgan fingerprint density at radius 3 is 2.56 bits per heavy atom. The lowest BCUT2D eigenvalue weighted by Crippen LogP contribution is -2.12. The number of carboxylic acid groups (broad SMARTS) is 1. The Bertz CT molecular complexity index is 563. The maximum atomic E-state index is 12.8. The van der Waals surface area contributed by atoms with Crippen molar-refractivity contribution in [2.45, 2.75) is 6.54 Å². The molecule has 2 N–H and O–H groups in total. The highest BCUT2D eigenvalue weighted by atomic mass is 19.1. The average molecular weight is 250 g/mol. The second-order valence-electron chi connectivity index (χ2n) is 3.67. The van der Waals surface area contributed by atoms with Crippen LogP contribution in [0.1, 0.15) is 10.5 Å². The molecule has 18 heavy (non-hydrogen) atoms. The molecule has 0 unspecified atom stereocenters. The first-order chi connectivity index (χ1) is 8.61. The van der Waals surface area contributed by atoms with Crippen molar-refractivity contribution in [3.05, 3.63) is 41.8 Å². The maximum Gasteiger partial charge on any atom is 0.354 e. The van der Waals surface area contributed by atoms with E-state index in [-0.39, 0.29) is 24.7 Å². The first kappa shape index (κ1) is 12.3. The van der Waals surface area contributed by atoms with Gasteiger partial charge in [-0.05, 0) is 30.3 Å². The molecule has 0 aliphatic carbocycles. The molecule has 0 amide bonds. The number of hydrogen-bond acceptors (Lipinski definition) is 3. The molecule has 0 fully saturated rings. The topological polar surface area (TPSA) is 75.3 Å².